The van der Waals surface area contributed by atoms with Gasteiger partial charge in [-0.1, -0.05) is 35.3 Å². The highest BCUT2D eigenvalue weighted by molar-refractivity contribution is 6.32. The van der Waals surface area contributed by atoms with Gasteiger partial charge in [-0.25, -0.2) is 4.79 Å². The molecular weight excluding hydrogens is 463 g/mol. The van der Waals surface area contributed by atoms with E-state index in [1.165, 1.54) is 17.7 Å². The lowest BCUT2D eigenvalue weighted by atomic mass is 9.89. The molecule has 7 nitrogen and oxygen atoms in total. The number of hydrogen-bond donors (Lipinski definition) is 2. The van der Waals surface area contributed by atoms with E-state index in [-0.39, 0.29) is 22.8 Å². The number of urea groups is 1. The van der Waals surface area contributed by atoms with E-state index in [2.05, 4.69) is 27.7 Å². The minimum Gasteiger partial charge on any atom is -0.334 e. The van der Waals surface area contributed by atoms with Crippen molar-refractivity contribution in [3.8, 4) is 0 Å². The minimum absolute atomic E-state index is 0.0429. The molecule has 1 heterocycles. The molecule has 0 spiro atoms. The number of benzene rings is 2. The van der Waals surface area contributed by atoms with Crippen molar-refractivity contribution in [2.75, 3.05) is 18.4 Å². The first-order valence-electron chi connectivity index (χ1n) is 11.4. The van der Waals surface area contributed by atoms with Crippen molar-refractivity contribution in [3.05, 3.63) is 68.2 Å². The summed E-state index contributed by atoms with van der Waals surface area (Å²) in [7, 11) is 0. The zero-order valence-corrected chi connectivity index (χ0v) is 19.8. The van der Waals surface area contributed by atoms with Crippen LogP contribution in [0.5, 0.6) is 0 Å². The Morgan fingerprint density at radius 3 is 2.48 bits per heavy atom. The van der Waals surface area contributed by atoms with Gasteiger partial charge in [0.15, 0.2) is 0 Å². The summed E-state index contributed by atoms with van der Waals surface area (Å²) in [6.07, 6.45) is 6.45. The summed E-state index contributed by atoms with van der Waals surface area (Å²) in [5, 5.41) is 17.7. The highest BCUT2D eigenvalue weighted by Gasteiger charge is 2.35. The van der Waals surface area contributed by atoms with Crippen LogP contribution in [0, 0.1) is 16.0 Å². The summed E-state index contributed by atoms with van der Waals surface area (Å²) in [6, 6.07) is 12.4. The van der Waals surface area contributed by atoms with Gasteiger partial charge in [0, 0.05) is 28.9 Å². The van der Waals surface area contributed by atoms with E-state index in [0.717, 1.165) is 56.6 Å². The zero-order valence-electron chi connectivity index (χ0n) is 18.3. The van der Waals surface area contributed by atoms with Crippen molar-refractivity contribution in [2.24, 2.45) is 5.92 Å². The number of piperidine rings is 1. The van der Waals surface area contributed by atoms with Gasteiger partial charge in [-0.3, -0.25) is 15.0 Å². The van der Waals surface area contributed by atoms with Crippen molar-refractivity contribution in [2.45, 2.75) is 50.6 Å². The number of nitrogens with one attached hydrogen (secondary N) is 2. The largest absolute Gasteiger partial charge is 0.334 e. The summed E-state index contributed by atoms with van der Waals surface area (Å²) in [4.78, 5) is 25.6. The van der Waals surface area contributed by atoms with Crippen LogP contribution in [0.25, 0.3) is 0 Å². The lowest BCUT2D eigenvalue weighted by molar-refractivity contribution is -0.384. The number of halogens is 2. The fraction of sp³-hybridized carbons (Fsp3) is 0.458. The first-order valence-corrected chi connectivity index (χ1v) is 12.1. The molecule has 1 aliphatic carbocycles. The van der Waals surface area contributed by atoms with Gasteiger partial charge in [-0.2, -0.15) is 0 Å². The molecule has 2 N–H and O–H groups in total. The molecule has 2 atom stereocenters. The quantitative estimate of drug-likeness (QED) is 0.389. The van der Waals surface area contributed by atoms with Crippen LogP contribution in [0.3, 0.4) is 0 Å². The molecule has 4 rings (SSSR count). The predicted octanol–water partition coefficient (Wildman–Crippen LogP) is 5.90. The van der Waals surface area contributed by atoms with Gasteiger partial charge in [0.2, 0.25) is 0 Å². The molecule has 2 aromatic carbocycles. The number of carbonyl (C=O) groups is 1. The van der Waals surface area contributed by atoms with Gasteiger partial charge in [-0.05, 0) is 87.4 Å². The molecule has 33 heavy (non-hydrogen) atoms. The van der Waals surface area contributed by atoms with E-state index in [9.17, 15) is 14.9 Å². The van der Waals surface area contributed by atoms with Crippen LogP contribution in [0.4, 0.5) is 16.2 Å². The van der Waals surface area contributed by atoms with Crippen molar-refractivity contribution >= 4 is 40.6 Å². The van der Waals surface area contributed by atoms with Crippen LogP contribution in [0.2, 0.25) is 10.0 Å². The molecule has 0 radical (unpaired) electrons. The van der Waals surface area contributed by atoms with Crippen LogP contribution in [-0.2, 0) is 6.42 Å². The SMILES string of the molecule is O=C(Nc1ccc(Cl)c([N+](=O)[O-])c1)N[C@@H]1CCC[C@H]1N1CCC(Cc2ccc(Cl)cc2)CC1. The van der Waals surface area contributed by atoms with E-state index in [1.807, 2.05) is 12.1 Å². The number of nitrogens with zero attached hydrogens (tertiary/aromatic N) is 2. The van der Waals surface area contributed by atoms with Gasteiger partial charge in [0.25, 0.3) is 5.69 Å². The number of amides is 2. The van der Waals surface area contributed by atoms with Crippen LogP contribution in [-0.4, -0.2) is 41.0 Å². The molecule has 0 unspecified atom stereocenters. The van der Waals surface area contributed by atoms with Gasteiger partial charge in [-0.15, -0.1) is 0 Å². The molecular formula is C24H28Cl2N4O3. The number of likely N-dealkylation sites (tertiary alicyclic amines) is 1. The number of carbonyl (C=O) groups excluding carboxylic acids is 1. The van der Waals surface area contributed by atoms with E-state index in [0.29, 0.717) is 17.6 Å². The molecule has 176 valence electrons. The van der Waals surface area contributed by atoms with Gasteiger partial charge in [0.1, 0.15) is 5.02 Å². The summed E-state index contributed by atoms with van der Waals surface area (Å²) < 4.78 is 0. The van der Waals surface area contributed by atoms with Crippen molar-refractivity contribution in [1.29, 1.82) is 0 Å². The minimum atomic E-state index is -0.561. The van der Waals surface area contributed by atoms with E-state index < -0.39 is 4.92 Å². The van der Waals surface area contributed by atoms with E-state index >= 15 is 0 Å². The van der Waals surface area contributed by atoms with Crippen molar-refractivity contribution in [1.82, 2.24) is 10.2 Å². The Morgan fingerprint density at radius 2 is 1.79 bits per heavy atom. The first kappa shape index (κ1) is 23.8. The number of anilines is 1. The molecule has 1 aliphatic heterocycles. The molecule has 1 saturated carbocycles. The second-order valence-corrected chi connectivity index (χ2v) is 9.78. The fourth-order valence-corrected chi connectivity index (χ4v) is 5.37. The number of nitro groups is 1. The Hall–Kier alpha value is -2.35. The Bertz CT molecular complexity index is 994. The normalized spacial score (nSPS) is 21.6. The van der Waals surface area contributed by atoms with Crippen LogP contribution in [0.1, 0.15) is 37.7 Å². The molecule has 0 aromatic heterocycles. The monoisotopic (exact) mass is 490 g/mol. The Labute approximate surface area is 203 Å². The second kappa shape index (κ2) is 10.7. The highest BCUT2D eigenvalue weighted by atomic mass is 35.5. The van der Waals surface area contributed by atoms with Crippen LogP contribution < -0.4 is 10.6 Å². The molecule has 0 bridgehead atoms. The van der Waals surface area contributed by atoms with Gasteiger partial charge >= 0.3 is 6.03 Å². The molecule has 2 amide bonds. The maximum absolute atomic E-state index is 12.6. The fourth-order valence-electron chi connectivity index (χ4n) is 5.05. The van der Waals surface area contributed by atoms with Crippen LogP contribution in [0.15, 0.2) is 42.5 Å². The smallest absolute Gasteiger partial charge is 0.319 e. The topological polar surface area (TPSA) is 87.5 Å². The van der Waals surface area contributed by atoms with Gasteiger partial charge < -0.3 is 10.6 Å². The van der Waals surface area contributed by atoms with E-state index in [4.69, 9.17) is 23.2 Å². The molecule has 2 aliphatic rings. The van der Waals surface area contributed by atoms with Crippen LogP contribution >= 0.6 is 23.2 Å². The predicted molar refractivity (Wildman–Crippen MR) is 131 cm³/mol. The average Bonchev–Trinajstić information content (AvgIpc) is 3.25. The number of hydrogen-bond acceptors (Lipinski definition) is 4. The summed E-state index contributed by atoms with van der Waals surface area (Å²) in [5.74, 6) is 0.666. The lowest BCUT2D eigenvalue weighted by Gasteiger charge is -2.38. The maximum atomic E-state index is 12.6. The Kier molecular flexibility index (Phi) is 7.73. The van der Waals surface area contributed by atoms with E-state index in [1.54, 1.807) is 6.07 Å². The van der Waals surface area contributed by atoms with Gasteiger partial charge in [0.05, 0.1) is 4.92 Å². The zero-order chi connectivity index (χ0) is 23.4. The molecule has 2 fully saturated rings. The third-order valence-corrected chi connectivity index (χ3v) is 7.32. The standard InChI is InChI=1S/C24H28Cl2N4O3/c25-18-6-4-16(5-7-18)14-17-10-12-29(13-11-17)22-3-1-2-21(22)28-24(31)27-19-8-9-20(26)23(15-19)30(32)33/h4-9,15,17,21-22H,1-3,10-14H2,(H2,27,28,31)/t21-,22-/m1/s1. The van der Waals surface area contributed by atoms with Crippen molar-refractivity contribution in [3.63, 3.8) is 0 Å². The third kappa shape index (κ3) is 6.16. The highest BCUT2D eigenvalue weighted by Crippen LogP contribution is 2.31. The lowest BCUT2D eigenvalue weighted by Crippen LogP contribution is -2.52. The third-order valence-electron chi connectivity index (χ3n) is 6.75. The number of rotatable bonds is 6. The summed E-state index contributed by atoms with van der Waals surface area (Å²) >= 11 is 11.8. The first-order chi connectivity index (χ1) is 15.9. The average molecular weight is 491 g/mol. The summed E-state index contributed by atoms with van der Waals surface area (Å²) in [6.45, 7) is 2.07. The number of nitro benzene ring substituents is 1. The molecule has 1 saturated heterocycles. The second-order valence-electron chi connectivity index (χ2n) is 8.94. The van der Waals surface area contributed by atoms with Crippen molar-refractivity contribution < 1.29 is 9.72 Å². The molecule has 2 aromatic rings. The Morgan fingerprint density at radius 1 is 1.06 bits per heavy atom. The molecule has 9 heteroatoms. The Balaban J connectivity index is 1.28. The summed E-state index contributed by atoms with van der Waals surface area (Å²) in [5.41, 5.74) is 1.45. The maximum Gasteiger partial charge on any atom is 0.319 e.